The van der Waals surface area contributed by atoms with E-state index in [1.165, 1.54) is 12.1 Å². The van der Waals surface area contributed by atoms with E-state index in [9.17, 15) is 8.42 Å². The van der Waals surface area contributed by atoms with Gasteiger partial charge >= 0.3 is 0 Å². The molecule has 0 aliphatic heterocycles. The molecule has 0 unspecified atom stereocenters. The maximum atomic E-state index is 11.8. The summed E-state index contributed by atoms with van der Waals surface area (Å²) in [5.74, 6) is 0.223. The quantitative estimate of drug-likeness (QED) is 0.610. The van der Waals surface area contributed by atoms with Crippen molar-refractivity contribution in [1.29, 1.82) is 0 Å². The van der Waals surface area contributed by atoms with Gasteiger partial charge in [0.1, 0.15) is 5.75 Å². The van der Waals surface area contributed by atoms with E-state index in [1.54, 1.807) is 18.3 Å². The van der Waals surface area contributed by atoms with Gasteiger partial charge in [-0.15, -0.1) is 4.40 Å². The molecular formula is C16H18N4O3S. The van der Waals surface area contributed by atoms with Gasteiger partial charge in [0.25, 0.3) is 10.0 Å². The molecule has 2 rings (SSSR count). The van der Waals surface area contributed by atoms with E-state index >= 15 is 0 Å². The Balaban J connectivity index is 2.22. The first-order valence-corrected chi connectivity index (χ1v) is 8.58. The number of aliphatic imine (C=N–C) groups is 1. The first-order chi connectivity index (χ1) is 11.4. The first kappa shape index (κ1) is 17.5. The lowest BCUT2D eigenvalue weighted by atomic mass is 10.2. The molecule has 0 aliphatic rings. The van der Waals surface area contributed by atoms with Crippen LogP contribution in [0.3, 0.4) is 0 Å². The van der Waals surface area contributed by atoms with Gasteiger partial charge in [0.2, 0.25) is 5.96 Å². The molecule has 2 aromatic carbocycles. The van der Waals surface area contributed by atoms with Crippen LogP contribution in [0.4, 0.5) is 5.69 Å². The Hall–Kier alpha value is -2.87. The van der Waals surface area contributed by atoms with Crippen LogP contribution >= 0.6 is 0 Å². The molecule has 0 saturated heterocycles. The average molecular weight is 346 g/mol. The van der Waals surface area contributed by atoms with Crippen LogP contribution in [-0.2, 0) is 10.0 Å². The molecule has 0 aromatic heterocycles. The van der Waals surface area contributed by atoms with Crippen LogP contribution in [0.5, 0.6) is 5.75 Å². The minimum absolute atomic E-state index is 0.00966. The van der Waals surface area contributed by atoms with Crippen molar-refractivity contribution in [3.05, 3.63) is 54.1 Å². The fourth-order valence-corrected chi connectivity index (χ4v) is 2.78. The van der Waals surface area contributed by atoms with Gasteiger partial charge in [0.15, 0.2) is 0 Å². The summed E-state index contributed by atoms with van der Waals surface area (Å²) in [6, 6.07) is 13.4. The van der Waals surface area contributed by atoms with Gasteiger partial charge in [-0.2, -0.15) is 8.42 Å². The van der Waals surface area contributed by atoms with Crippen molar-refractivity contribution in [2.45, 2.75) is 11.8 Å². The Bertz CT molecular complexity index is 855. The lowest BCUT2D eigenvalue weighted by Gasteiger charge is -2.05. The van der Waals surface area contributed by atoms with Crippen molar-refractivity contribution in [3.63, 3.8) is 0 Å². The summed E-state index contributed by atoms with van der Waals surface area (Å²) in [5, 5.41) is 0. The van der Waals surface area contributed by atoms with Gasteiger partial charge in [0.05, 0.1) is 17.2 Å². The predicted octanol–water partition coefficient (Wildman–Crippen LogP) is 1.80. The monoisotopic (exact) mass is 346 g/mol. The number of benzene rings is 2. The van der Waals surface area contributed by atoms with Crippen LogP contribution in [0.2, 0.25) is 0 Å². The zero-order chi connectivity index (χ0) is 17.6. The number of guanidine groups is 1. The highest BCUT2D eigenvalue weighted by Crippen LogP contribution is 2.20. The molecule has 126 valence electrons. The van der Waals surface area contributed by atoms with Crippen molar-refractivity contribution < 1.29 is 13.2 Å². The van der Waals surface area contributed by atoms with Crippen LogP contribution in [0.1, 0.15) is 12.5 Å². The van der Waals surface area contributed by atoms with E-state index in [-0.39, 0.29) is 4.90 Å². The van der Waals surface area contributed by atoms with Crippen LogP contribution in [-0.4, -0.2) is 27.2 Å². The SMILES string of the molecule is CCOc1ccccc1C=Nc1ccc(S(=O)(=O)N=C(N)N)cc1. The standard InChI is InChI=1S/C16H18N4O3S/c1-2-23-15-6-4-3-5-12(15)11-19-13-7-9-14(10-8-13)24(21,22)20-16(17)18/h3-11H,2H2,1H3,(H4,17,18,20). The zero-order valence-corrected chi connectivity index (χ0v) is 13.9. The Morgan fingerprint density at radius 3 is 2.42 bits per heavy atom. The third kappa shape index (κ3) is 4.56. The first-order valence-electron chi connectivity index (χ1n) is 7.14. The maximum absolute atomic E-state index is 11.8. The zero-order valence-electron chi connectivity index (χ0n) is 13.1. The second-order valence-corrected chi connectivity index (χ2v) is 6.32. The number of rotatable bonds is 6. The molecule has 7 nitrogen and oxygen atoms in total. The summed E-state index contributed by atoms with van der Waals surface area (Å²) in [6.45, 7) is 2.46. The molecule has 0 radical (unpaired) electrons. The highest BCUT2D eigenvalue weighted by atomic mass is 32.2. The summed E-state index contributed by atoms with van der Waals surface area (Å²) < 4.78 is 32.4. The summed E-state index contributed by atoms with van der Waals surface area (Å²) in [4.78, 5) is 4.31. The number of hydrogen-bond donors (Lipinski definition) is 2. The summed E-state index contributed by atoms with van der Waals surface area (Å²) >= 11 is 0. The topological polar surface area (TPSA) is 120 Å². The van der Waals surface area contributed by atoms with Crippen LogP contribution in [0.15, 0.2) is 62.8 Å². The number of sulfonamides is 1. The lowest BCUT2D eigenvalue weighted by molar-refractivity contribution is 0.340. The fourth-order valence-electron chi connectivity index (χ4n) is 1.91. The summed E-state index contributed by atoms with van der Waals surface area (Å²) in [7, 11) is -3.89. The number of para-hydroxylation sites is 1. The van der Waals surface area contributed by atoms with Crippen molar-refractivity contribution in [1.82, 2.24) is 0 Å². The largest absolute Gasteiger partial charge is 0.493 e. The minimum Gasteiger partial charge on any atom is -0.493 e. The smallest absolute Gasteiger partial charge is 0.285 e. The van der Waals surface area contributed by atoms with Crippen LogP contribution in [0.25, 0.3) is 0 Å². The number of nitrogens with zero attached hydrogens (tertiary/aromatic N) is 2. The lowest BCUT2D eigenvalue weighted by Crippen LogP contribution is -2.24. The normalized spacial score (nSPS) is 11.4. The minimum atomic E-state index is -3.89. The molecule has 8 heteroatoms. The Kier molecular flexibility index (Phi) is 5.54. The number of nitrogens with two attached hydrogens (primary N) is 2. The van der Waals surface area contributed by atoms with Gasteiger partial charge in [-0.1, -0.05) is 12.1 Å². The van der Waals surface area contributed by atoms with Crippen molar-refractivity contribution in [3.8, 4) is 5.75 Å². The maximum Gasteiger partial charge on any atom is 0.285 e. The molecule has 0 spiro atoms. The summed E-state index contributed by atoms with van der Waals surface area (Å²) in [5.41, 5.74) is 11.6. The van der Waals surface area contributed by atoms with E-state index in [2.05, 4.69) is 9.39 Å². The molecule has 0 fully saturated rings. The second-order valence-electron chi connectivity index (χ2n) is 4.71. The van der Waals surface area contributed by atoms with E-state index in [1.807, 2.05) is 31.2 Å². The highest BCUT2D eigenvalue weighted by molar-refractivity contribution is 7.90. The van der Waals surface area contributed by atoms with Gasteiger partial charge < -0.3 is 16.2 Å². The Labute approximate surface area is 140 Å². The van der Waals surface area contributed by atoms with Gasteiger partial charge in [0, 0.05) is 11.8 Å². The van der Waals surface area contributed by atoms with E-state index in [0.29, 0.717) is 12.3 Å². The Morgan fingerprint density at radius 2 is 1.79 bits per heavy atom. The predicted molar refractivity (Wildman–Crippen MR) is 94.3 cm³/mol. The van der Waals surface area contributed by atoms with Gasteiger partial charge in [-0.25, -0.2) is 0 Å². The van der Waals surface area contributed by atoms with Crippen molar-refractivity contribution >= 4 is 27.9 Å². The fraction of sp³-hybridized carbons (Fsp3) is 0.125. The molecule has 0 amide bonds. The highest BCUT2D eigenvalue weighted by Gasteiger charge is 2.12. The number of ether oxygens (including phenoxy) is 1. The molecule has 0 bridgehead atoms. The van der Waals surface area contributed by atoms with Gasteiger partial charge in [-0.3, -0.25) is 4.99 Å². The van der Waals surface area contributed by atoms with Crippen molar-refractivity contribution in [2.24, 2.45) is 20.9 Å². The molecule has 0 atom stereocenters. The molecular weight excluding hydrogens is 328 g/mol. The molecule has 0 saturated carbocycles. The molecule has 2 aromatic rings. The second kappa shape index (κ2) is 7.60. The average Bonchev–Trinajstić information content (AvgIpc) is 2.53. The third-order valence-electron chi connectivity index (χ3n) is 2.93. The third-order valence-corrected chi connectivity index (χ3v) is 4.25. The van der Waals surface area contributed by atoms with Crippen molar-refractivity contribution in [2.75, 3.05) is 6.61 Å². The number of hydrogen-bond acceptors (Lipinski definition) is 4. The van der Waals surface area contributed by atoms with Crippen LogP contribution < -0.4 is 16.2 Å². The molecule has 0 heterocycles. The van der Waals surface area contributed by atoms with E-state index in [0.717, 1.165) is 11.3 Å². The molecule has 0 aliphatic carbocycles. The molecule has 4 N–H and O–H groups in total. The molecule has 24 heavy (non-hydrogen) atoms. The Morgan fingerprint density at radius 1 is 1.12 bits per heavy atom. The van der Waals surface area contributed by atoms with Crippen LogP contribution in [0, 0.1) is 0 Å². The summed E-state index contributed by atoms with van der Waals surface area (Å²) in [6.07, 6.45) is 1.66. The van der Waals surface area contributed by atoms with E-state index in [4.69, 9.17) is 16.2 Å². The van der Waals surface area contributed by atoms with E-state index < -0.39 is 16.0 Å². The van der Waals surface area contributed by atoms with Gasteiger partial charge in [-0.05, 0) is 43.3 Å².